The van der Waals surface area contributed by atoms with E-state index in [1.54, 1.807) is 0 Å². The summed E-state index contributed by atoms with van der Waals surface area (Å²) in [5, 5.41) is -0.0800. The molecule has 8 heteroatoms. The molecule has 2 N–H and O–H groups in total. The Balaban J connectivity index is 2.30. The Labute approximate surface area is 114 Å². The molecule has 102 valence electrons. The number of halogens is 2. The molecule has 2 aromatic rings. The molecule has 5 nitrogen and oxygen atoms in total. The summed E-state index contributed by atoms with van der Waals surface area (Å²) in [6, 6.07) is 3.41. The highest BCUT2D eigenvalue weighted by atomic mass is 35.5. The van der Waals surface area contributed by atoms with E-state index in [-0.39, 0.29) is 15.7 Å². The quantitative estimate of drug-likeness (QED) is 0.911. The van der Waals surface area contributed by atoms with Gasteiger partial charge in [-0.05, 0) is 18.2 Å². The first-order valence-electron chi connectivity index (χ1n) is 5.44. The third kappa shape index (κ3) is 3.05. The lowest BCUT2D eigenvalue weighted by atomic mass is 10.3. The molecule has 0 aliphatic rings. The van der Waals surface area contributed by atoms with E-state index in [1.807, 2.05) is 6.92 Å². The van der Waals surface area contributed by atoms with Gasteiger partial charge in [-0.3, -0.25) is 4.72 Å². The van der Waals surface area contributed by atoms with Crippen LogP contribution in [0.5, 0.6) is 0 Å². The molecule has 1 aromatic heterocycles. The molecule has 0 spiro atoms. The zero-order valence-electron chi connectivity index (χ0n) is 9.94. The summed E-state index contributed by atoms with van der Waals surface area (Å²) in [6.07, 6.45) is 1.81. The van der Waals surface area contributed by atoms with Gasteiger partial charge in [-0.2, -0.15) is 8.42 Å². The highest BCUT2D eigenvalue weighted by Crippen LogP contribution is 2.24. The van der Waals surface area contributed by atoms with Gasteiger partial charge in [0.25, 0.3) is 10.0 Å². The molecule has 0 bridgehead atoms. The standard InChI is InChI=1S/C11H11ClFN3O2S/c1-2-10-14-6-11(15-10)19(17,18)16-9-4-3-7(13)5-8(9)12/h3-6,16H,2H2,1H3,(H,14,15). The van der Waals surface area contributed by atoms with Gasteiger partial charge < -0.3 is 4.98 Å². The van der Waals surface area contributed by atoms with Crippen LogP contribution < -0.4 is 4.72 Å². The van der Waals surface area contributed by atoms with Gasteiger partial charge in [0, 0.05) is 6.42 Å². The van der Waals surface area contributed by atoms with E-state index in [2.05, 4.69) is 14.7 Å². The van der Waals surface area contributed by atoms with Crippen LogP contribution in [0.3, 0.4) is 0 Å². The van der Waals surface area contributed by atoms with Gasteiger partial charge >= 0.3 is 0 Å². The van der Waals surface area contributed by atoms with Crippen molar-refractivity contribution in [3.8, 4) is 0 Å². The fourth-order valence-corrected chi connectivity index (χ4v) is 2.72. The number of imidazole rings is 1. The van der Waals surface area contributed by atoms with Crippen LogP contribution >= 0.6 is 11.6 Å². The molecular formula is C11H11ClFN3O2S. The number of rotatable bonds is 4. The van der Waals surface area contributed by atoms with Crippen molar-refractivity contribution >= 4 is 27.3 Å². The van der Waals surface area contributed by atoms with Crippen LogP contribution in [0.25, 0.3) is 0 Å². The predicted molar refractivity (Wildman–Crippen MR) is 70.2 cm³/mol. The number of aromatic nitrogens is 2. The SMILES string of the molecule is CCc1ncc(S(=O)(=O)Nc2ccc(F)cc2Cl)[nH]1. The van der Waals surface area contributed by atoms with E-state index in [4.69, 9.17) is 11.6 Å². The van der Waals surface area contributed by atoms with Crippen LogP contribution in [0.1, 0.15) is 12.7 Å². The number of H-pyrrole nitrogens is 1. The molecule has 1 aromatic carbocycles. The molecule has 1 heterocycles. The minimum Gasteiger partial charge on any atom is -0.332 e. The molecule has 0 unspecified atom stereocenters. The monoisotopic (exact) mass is 303 g/mol. The van der Waals surface area contributed by atoms with Crippen LogP contribution in [0, 0.1) is 5.82 Å². The maximum atomic E-state index is 12.9. The fourth-order valence-electron chi connectivity index (χ4n) is 1.43. The third-order valence-electron chi connectivity index (χ3n) is 2.40. The Morgan fingerprint density at radius 1 is 1.47 bits per heavy atom. The number of nitrogens with zero attached hydrogens (tertiary/aromatic N) is 1. The van der Waals surface area contributed by atoms with Crippen molar-refractivity contribution in [3.05, 3.63) is 41.1 Å². The smallest absolute Gasteiger partial charge is 0.279 e. The average molecular weight is 304 g/mol. The van der Waals surface area contributed by atoms with E-state index < -0.39 is 15.8 Å². The van der Waals surface area contributed by atoms with Crippen LogP contribution in [0.4, 0.5) is 10.1 Å². The Morgan fingerprint density at radius 3 is 2.79 bits per heavy atom. The van der Waals surface area contributed by atoms with E-state index in [0.29, 0.717) is 12.2 Å². The minimum absolute atomic E-state index is 0.0150. The van der Waals surface area contributed by atoms with Crippen molar-refractivity contribution in [1.29, 1.82) is 0 Å². The van der Waals surface area contributed by atoms with Gasteiger partial charge in [-0.25, -0.2) is 9.37 Å². The maximum absolute atomic E-state index is 12.9. The first-order valence-corrected chi connectivity index (χ1v) is 7.30. The summed E-state index contributed by atoms with van der Waals surface area (Å²) >= 11 is 5.76. The summed E-state index contributed by atoms with van der Waals surface area (Å²) in [7, 11) is -3.81. The molecule has 0 radical (unpaired) electrons. The zero-order chi connectivity index (χ0) is 14.0. The number of hydrogen-bond donors (Lipinski definition) is 2. The molecular weight excluding hydrogens is 293 g/mol. The second kappa shape index (κ2) is 5.18. The summed E-state index contributed by atoms with van der Waals surface area (Å²) < 4.78 is 39.2. The Kier molecular flexibility index (Phi) is 3.77. The third-order valence-corrected chi connectivity index (χ3v) is 3.99. The summed E-state index contributed by atoms with van der Waals surface area (Å²) in [5.74, 6) is 0.0216. The fraction of sp³-hybridized carbons (Fsp3) is 0.182. The van der Waals surface area contributed by atoms with Crippen molar-refractivity contribution < 1.29 is 12.8 Å². The molecule has 0 atom stereocenters. The lowest BCUT2D eigenvalue weighted by Gasteiger charge is -2.07. The number of aromatic amines is 1. The van der Waals surface area contributed by atoms with Crippen LogP contribution in [-0.2, 0) is 16.4 Å². The molecule has 0 saturated carbocycles. The number of nitrogens with one attached hydrogen (secondary N) is 2. The molecule has 0 saturated heterocycles. The van der Waals surface area contributed by atoms with Crippen LogP contribution in [-0.4, -0.2) is 18.4 Å². The van der Waals surface area contributed by atoms with Crippen molar-refractivity contribution in [2.75, 3.05) is 4.72 Å². The second-order valence-electron chi connectivity index (χ2n) is 3.78. The predicted octanol–water partition coefficient (Wildman–Crippen LogP) is 2.57. The zero-order valence-corrected chi connectivity index (χ0v) is 11.5. The topological polar surface area (TPSA) is 74.8 Å². The number of aryl methyl sites for hydroxylation is 1. The number of benzene rings is 1. The Hall–Kier alpha value is -1.60. The molecule has 2 rings (SSSR count). The van der Waals surface area contributed by atoms with E-state index in [0.717, 1.165) is 12.1 Å². The van der Waals surface area contributed by atoms with Gasteiger partial charge in [0.1, 0.15) is 11.6 Å². The van der Waals surface area contributed by atoms with Crippen LogP contribution in [0.15, 0.2) is 29.4 Å². The normalized spacial score (nSPS) is 11.5. The van der Waals surface area contributed by atoms with Crippen molar-refractivity contribution in [2.45, 2.75) is 18.4 Å². The first-order chi connectivity index (χ1) is 8.92. The lowest BCUT2D eigenvalue weighted by Crippen LogP contribution is -2.13. The largest absolute Gasteiger partial charge is 0.332 e. The second-order valence-corrected chi connectivity index (χ2v) is 5.84. The van der Waals surface area contributed by atoms with Crippen molar-refractivity contribution in [3.63, 3.8) is 0 Å². The molecule has 0 aliphatic heterocycles. The molecule has 19 heavy (non-hydrogen) atoms. The number of anilines is 1. The van der Waals surface area contributed by atoms with Gasteiger partial charge in [0.05, 0.1) is 16.9 Å². The van der Waals surface area contributed by atoms with E-state index in [1.165, 1.54) is 12.3 Å². The Morgan fingerprint density at radius 2 is 2.21 bits per heavy atom. The van der Waals surface area contributed by atoms with Crippen molar-refractivity contribution in [2.24, 2.45) is 0 Å². The van der Waals surface area contributed by atoms with E-state index >= 15 is 0 Å². The van der Waals surface area contributed by atoms with E-state index in [9.17, 15) is 12.8 Å². The molecule has 0 amide bonds. The Bertz CT molecular complexity index is 700. The van der Waals surface area contributed by atoms with Gasteiger partial charge in [0.2, 0.25) is 0 Å². The first kappa shape index (κ1) is 13.8. The lowest BCUT2D eigenvalue weighted by molar-refractivity contribution is 0.597. The highest BCUT2D eigenvalue weighted by molar-refractivity contribution is 7.92. The van der Waals surface area contributed by atoms with Gasteiger partial charge in [-0.1, -0.05) is 18.5 Å². The van der Waals surface area contributed by atoms with Gasteiger partial charge in [0.15, 0.2) is 5.03 Å². The molecule has 0 fully saturated rings. The van der Waals surface area contributed by atoms with Gasteiger partial charge in [-0.15, -0.1) is 0 Å². The van der Waals surface area contributed by atoms with Crippen LogP contribution in [0.2, 0.25) is 5.02 Å². The number of hydrogen-bond acceptors (Lipinski definition) is 3. The highest BCUT2D eigenvalue weighted by Gasteiger charge is 2.18. The maximum Gasteiger partial charge on any atom is 0.279 e. The van der Waals surface area contributed by atoms with Crippen molar-refractivity contribution in [1.82, 2.24) is 9.97 Å². The summed E-state index contributed by atoms with van der Waals surface area (Å²) in [6.45, 7) is 1.85. The summed E-state index contributed by atoms with van der Waals surface area (Å²) in [5.41, 5.74) is 0.107. The number of sulfonamides is 1. The molecule has 0 aliphatic carbocycles. The average Bonchev–Trinajstić information content (AvgIpc) is 2.82. The minimum atomic E-state index is -3.81. The summed E-state index contributed by atoms with van der Waals surface area (Å²) in [4.78, 5) is 6.59.